The van der Waals surface area contributed by atoms with E-state index in [2.05, 4.69) is 0 Å². The lowest BCUT2D eigenvalue weighted by atomic mass is 9.96. The smallest absolute Gasteiger partial charge is 0.333 e. The first-order valence-corrected chi connectivity index (χ1v) is 5.15. The predicted molar refractivity (Wildman–Crippen MR) is 58.0 cm³/mol. The fraction of sp³-hybridized carbons (Fsp3) is 0.250. The molecule has 4 heteroatoms. The molecule has 2 heterocycles. The Morgan fingerprint density at radius 2 is 2.19 bits per heavy atom. The normalized spacial score (nSPS) is 17.8. The molecule has 0 atom stereocenters. The third-order valence-electron chi connectivity index (χ3n) is 2.95. The monoisotopic (exact) mass is 217 g/mol. The molecule has 0 amide bonds. The molecule has 3 rings (SSSR count). The minimum Gasteiger partial charge on any atom is -0.478 e. The van der Waals surface area contributed by atoms with E-state index in [1.54, 1.807) is 6.20 Å². The predicted octanol–water partition coefficient (Wildman–Crippen LogP) is 1.51. The Balaban J connectivity index is 2.13. The Labute approximate surface area is 92.7 Å². The SMILES string of the molecule is O=C(O)C1=CN2COCc3cccc(c32)C1. The summed E-state index contributed by atoms with van der Waals surface area (Å²) in [7, 11) is 0. The van der Waals surface area contributed by atoms with Crippen molar-refractivity contribution in [2.45, 2.75) is 13.0 Å². The van der Waals surface area contributed by atoms with Crippen molar-refractivity contribution < 1.29 is 14.6 Å². The number of carboxylic acids is 1. The molecule has 0 saturated heterocycles. The summed E-state index contributed by atoms with van der Waals surface area (Å²) in [4.78, 5) is 12.9. The maximum atomic E-state index is 11.0. The molecule has 0 aliphatic carbocycles. The molecule has 16 heavy (non-hydrogen) atoms. The molecule has 2 aliphatic rings. The van der Waals surface area contributed by atoms with Gasteiger partial charge >= 0.3 is 5.97 Å². The molecular formula is C12H11NO3. The first kappa shape index (κ1) is 9.42. The third-order valence-corrected chi connectivity index (χ3v) is 2.95. The van der Waals surface area contributed by atoms with Gasteiger partial charge in [-0.2, -0.15) is 0 Å². The van der Waals surface area contributed by atoms with E-state index < -0.39 is 5.97 Å². The van der Waals surface area contributed by atoms with Gasteiger partial charge in [0.2, 0.25) is 0 Å². The average molecular weight is 217 g/mol. The zero-order valence-corrected chi connectivity index (χ0v) is 8.64. The molecule has 4 nitrogen and oxygen atoms in total. The number of aliphatic carboxylic acids is 1. The number of benzene rings is 1. The van der Waals surface area contributed by atoms with Crippen LogP contribution in [0.25, 0.3) is 0 Å². The first-order chi connectivity index (χ1) is 7.75. The van der Waals surface area contributed by atoms with Gasteiger partial charge < -0.3 is 14.7 Å². The van der Waals surface area contributed by atoms with Gasteiger partial charge in [0.05, 0.1) is 17.9 Å². The molecule has 82 valence electrons. The quantitative estimate of drug-likeness (QED) is 0.774. The standard InChI is InChI=1S/C12H11NO3/c14-12(15)10-4-8-2-1-3-9-6-16-7-13(5-10)11(8)9/h1-3,5H,4,6-7H2,(H,14,15). The van der Waals surface area contributed by atoms with Crippen LogP contribution in [0.5, 0.6) is 0 Å². The maximum absolute atomic E-state index is 11.0. The van der Waals surface area contributed by atoms with Crippen molar-refractivity contribution in [3.05, 3.63) is 41.1 Å². The zero-order chi connectivity index (χ0) is 11.1. The number of para-hydroxylation sites is 1. The Bertz CT molecular complexity index is 493. The van der Waals surface area contributed by atoms with Crippen molar-refractivity contribution in [2.24, 2.45) is 0 Å². The number of hydrogen-bond donors (Lipinski definition) is 1. The summed E-state index contributed by atoms with van der Waals surface area (Å²) in [5.41, 5.74) is 3.74. The molecule has 0 aromatic heterocycles. The van der Waals surface area contributed by atoms with Gasteiger partial charge in [0, 0.05) is 18.2 Å². The van der Waals surface area contributed by atoms with Crippen LogP contribution in [0.4, 0.5) is 5.69 Å². The van der Waals surface area contributed by atoms with Crippen LogP contribution < -0.4 is 4.90 Å². The molecule has 0 radical (unpaired) electrons. The number of ether oxygens (including phenoxy) is 1. The van der Waals surface area contributed by atoms with Gasteiger partial charge in [-0.25, -0.2) is 4.79 Å². The lowest BCUT2D eigenvalue weighted by Crippen LogP contribution is -2.31. The molecular weight excluding hydrogens is 206 g/mol. The summed E-state index contributed by atoms with van der Waals surface area (Å²) < 4.78 is 5.40. The van der Waals surface area contributed by atoms with Crippen LogP contribution in [0, 0.1) is 0 Å². The molecule has 0 fully saturated rings. The van der Waals surface area contributed by atoms with Gasteiger partial charge in [0.15, 0.2) is 0 Å². The summed E-state index contributed by atoms with van der Waals surface area (Å²) in [5, 5.41) is 9.03. The number of nitrogens with zero attached hydrogens (tertiary/aromatic N) is 1. The minimum absolute atomic E-state index is 0.412. The highest BCUT2D eigenvalue weighted by molar-refractivity contribution is 5.89. The average Bonchev–Trinajstić information content (AvgIpc) is 2.29. The fourth-order valence-corrected chi connectivity index (χ4v) is 2.26. The van der Waals surface area contributed by atoms with Gasteiger partial charge in [0.25, 0.3) is 0 Å². The molecule has 0 unspecified atom stereocenters. The van der Waals surface area contributed by atoms with E-state index in [4.69, 9.17) is 9.84 Å². The van der Waals surface area contributed by atoms with Crippen LogP contribution in [-0.2, 0) is 22.6 Å². The van der Waals surface area contributed by atoms with Gasteiger partial charge in [0.1, 0.15) is 6.73 Å². The Morgan fingerprint density at radius 3 is 3.00 bits per heavy atom. The minimum atomic E-state index is -0.860. The number of hydrogen-bond acceptors (Lipinski definition) is 3. The van der Waals surface area contributed by atoms with E-state index in [9.17, 15) is 4.79 Å². The third kappa shape index (κ3) is 1.31. The second kappa shape index (κ2) is 3.35. The summed E-state index contributed by atoms with van der Waals surface area (Å²) in [6.07, 6.45) is 2.17. The molecule has 0 spiro atoms. The van der Waals surface area contributed by atoms with Gasteiger partial charge in [-0.05, 0) is 5.56 Å². The van der Waals surface area contributed by atoms with E-state index in [1.807, 2.05) is 23.1 Å². The maximum Gasteiger partial charge on any atom is 0.333 e. The summed E-state index contributed by atoms with van der Waals surface area (Å²) in [5.74, 6) is -0.860. The van der Waals surface area contributed by atoms with Gasteiger partial charge in [-0.15, -0.1) is 0 Å². The van der Waals surface area contributed by atoms with E-state index in [1.165, 1.54) is 0 Å². The molecule has 1 aromatic carbocycles. The van der Waals surface area contributed by atoms with Gasteiger partial charge in [-0.1, -0.05) is 18.2 Å². The van der Waals surface area contributed by atoms with Crippen molar-refractivity contribution >= 4 is 11.7 Å². The summed E-state index contributed by atoms with van der Waals surface area (Å²) in [6, 6.07) is 5.95. The second-order valence-electron chi connectivity index (χ2n) is 4.01. The Hall–Kier alpha value is -1.81. The van der Waals surface area contributed by atoms with Crippen LogP contribution in [0.2, 0.25) is 0 Å². The Morgan fingerprint density at radius 1 is 1.38 bits per heavy atom. The van der Waals surface area contributed by atoms with E-state index in [0.29, 0.717) is 25.3 Å². The molecule has 1 aromatic rings. The number of carboxylic acid groups (broad SMARTS) is 1. The number of anilines is 1. The number of carbonyl (C=O) groups is 1. The Kier molecular flexibility index (Phi) is 1.97. The van der Waals surface area contributed by atoms with Crippen LogP contribution in [0.3, 0.4) is 0 Å². The van der Waals surface area contributed by atoms with Crippen LogP contribution >= 0.6 is 0 Å². The lowest BCUT2D eigenvalue weighted by Gasteiger charge is -2.33. The van der Waals surface area contributed by atoms with Crippen molar-refractivity contribution in [1.29, 1.82) is 0 Å². The molecule has 1 N–H and O–H groups in total. The summed E-state index contributed by atoms with van der Waals surface area (Å²) >= 11 is 0. The van der Waals surface area contributed by atoms with Crippen molar-refractivity contribution in [3.63, 3.8) is 0 Å². The molecule has 0 bridgehead atoms. The van der Waals surface area contributed by atoms with Crippen LogP contribution in [0.15, 0.2) is 30.0 Å². The fourth-order valence-electron chi connectivity index (χ4n) is 2.26. The summed E-state index contributed by atoms with van der Waals surface area (Å²) in [6.45, 7) is 1.04. The van der Waals surface area contributed by atoms with Crippen molar-refractivity contribution in [1.82, 2.24) is 0 Å². The molecule has 2 aliphatic heterocycles. The largest absolute Gasteiger partial charge is 0.478 e. The van der Waals surface area contributed by atoms with E-state index in [-0.39, 0.29) is 0 Å². The van der Waals surface area contributed by atoms with Crippen LogP contribution in [-0.4, -0.2) is 17.8 Å². The van der Waals surface area contributed by atoms with Gasteiger partial charge in [-0.3, -0.25) is 0 Å². The second-order valence-corrected chi connectivity index (χ2v) is 4.01. The van der Waals surface area contributed by atoms with Crippen LogP contribution in [0.1, 0.15) is 11.1 Å². The zero-order valence-electron chi connectivity index (χ0n) is 8.64. The van der Waals surface area contributed by atoms with Crippen molar-refractivity contribution in [2.75, 3.05) is 11.6 Å². The van der Waals surface area contributed by atoms with E-state index in [0.717, 1.165) is 16.8 Å². The topological polar surface area (TPSA) is 49.8 Å². The lowest BCUT2D eigenvalue weighted by molar-refractivity contribution is -0.132. The highest BCUT2D eigenvalue weighted by Gasteiger charge is 2.25. The highest BCUT2D eigenvalue weighted by atomic mass is 16.5. The molecule has 0 saturated carbocycles. The highest BCUT2D eigenvalue weighted by Crippen LogP contribution is 2.35. The first-order valence-electron chi connectivity index (χ1n) is 5.15. The van der Waals surface area contributed by atoms with E-state index >= 15 is 0 Å². The van der Waals surface area contributed by atoms with Crippen molar-refractivity contribution in [3.8, 4) is 0 Å². The number of rotatable bonds is 1.